The van der Waals surface area contributed by atoms with Crippen molar-refractivity contribution >= 4 is 11.8 Å². The van der Waals surface area contributed by atoms with Crippen molar-refractivity contribution in [1.82, 2.24) is 9.96 Å². The highest BCUT2D eigenvalue weighted by Crippen LogP contribution is 2.21. The predicted molar refractivity (Wildman–Crippen MR) is 84.3 cm³/mol. The minimum absolute atomic E-state index is 0.00405. The van der Waals surface area contributed by atoms with E-state index in [0.29, 0.717) is 18.7 Å². The summed E-state index contributed by atoms with van der Waals surface area (Å²) >= 11 is 0. The fourth-order valence-electron chi connectivity index (χ4n) is 2.99. The quantitative estimate of drug-likeness (QED) is 0.804. The van der Waals surface area contributed by atoms with Crippen LogP contribution in [0.15, 0.2) is 18.2 Å². The molecular formula is C17H24N2O3. The number of hydroxylamine groups is 2. The first-order chi connectivity index (χ1) is 10.4. The number of carbonyl (C=O) groups is 2. The normalized spacial score (nSPS) is 18.2. The van der Waals surface area contributed by atoms with Gasteiger partial charge in [0.15, 0.2) is 0 Å². The molecule has 0 radical (unpaired) electrons. The molecule has 5 heteroatoms. The van der Waals surface area contributed by atoms with Crippen LogP contribution in [0.4, 0.5) is 0 Å². The molecule has 2 amide bonds. The first kappa shape index (κ1) is 16.5. The summed E-state index contributed by atoms with van der Waals surface area (Å²) in [6, 6.07) is 5.86. The minimum Gasteiger partial charge on any atom is -0.338 e. The van der Waals surface area contributed by atoms with E-state index in [-0.39, 0.29) is 17.7 Å². The smallest absolute Gasteiger partial charge is 0.253 e. The van der Waals surface area contributed by atoms with Crippen LogP contribution in [0.25, 0.3) is 0 Å². The molecule has 22 heavy (non-hydrogen) atoms. The third-order valence-corrected chi connectivity index (χ3v) is 4.11. The Labute approximate surface area is 131 Å². The van der Waals surface area contributed by atoms with E-state index in [0.717, 1.165) is 24.0 Å². The summed E-state index contributed by atoms with van der Waals surface area (Å²) in [6.45, 7) is 5.13. The molecule has 5 nitrogen and oxygen atoms in total. The number of rotatable bonds is 3. The number of likely N-dealkylation sites (tertiary alicyclic amines) is 1. The first-order valence-electron chi connectivity index (χ1n) is 7.61. The molecule has 1 aliphatic rings. The molecule has 1 heterocycles. The third kappa shape index (κ3) is 3.65. The summed E-state index contributed by atoms with van der Waals surface area (Å²) in [5, 5.41) is 1.25. The molecule has 1 aromatic carbocycles. The van der Waals surface area contributed by atoms with Gasteiger partial charge in [-0.05, 0) is 38.8 Å². The summed E-state index contributed by atoms with van der Waals surface area (Å²) in [5.74, 6) is -0.252. The maximum Gasteiger partial charge on any atom is 0.253 e. The van der Waals surface area contributed by atoms with Crippen molar-refractivity contribution in [1.29, 1.82) is 0 Å². The van der Waals surface area contributed by atoms with Gasteiger partial charge in [-0.25, -0.2) is 5.06 Å². The molecule has 2 rings (SSSR count). The van der Waals surface area contributed by atoms with Gasteiger partial charge in [0.05, 0.1) is 13.0 Å². The molecule has 0 aromatic heterocycles. The van der Waals surface area contributed by atoms with Crippen LogP contribution in [0.3, 0.4) is 0 Å². The number of hydrogen-bond donors (Lipinski definition) is 0. The van der Waals surface area contributed by atoms with Crippen molar-refractivity contribution in [2.24, 2.45) is 5.92 Å². The standard InChI is InChI=1S/C17H24N2O3/c1-12-8-13(2)10-15(9-12)17(21)19-7-5-6-14(11-19)16(20)18(3)22-4/h8-10,14H,5-7,11H2,1-4H3. The van der Waals surface area contributed by atoms with Gasteiger partial charge in [0.2, 0.25) is 0 Å². The molecule has 0 N–H and O–H groups in total. The largest absolute Gasteiger partial charge is 0.338 e. The lowest BCUT2D eigenvalue weighted by Gasteiger charge is -2.33. The maximum absolute atomic E-state index is 12.7. The van der Waals surface area contributed by atoms with Crippen molar-refractivity contribution in [2.45, 2.75) is 26.7 Å². The van der Waals surface area contributed by atoms with Crippen LogP contribution < -0.4 is 0 Å². The summed E-state index contributed by atoms with van der Waals surface area (Å²) in [5.41, 5.74) is 2.85. The fraction of sp³-hybridized carbons (Fsp3) is 0.529. The fourth-order valence-corrected chi connectivity index (χ4v) is 2.99. The lowest BCUT2D eigenvalue weighted by molar-refractivity contribution is -0.174. The van der Waals surface area contributed by atoms with Crippen LogP contribution in [0, 0.1) is 19.8 Å². The lowest BCUT2D eigenvalue weighted by atomic mass is 9.96. The molecule has 1 unspecified atom stereocenters. The lowest BCUT2D eigenvalue weighted by Crippen LogP contribution is -2.45. The van der Waals surface area contributed by atoms with Gasteiger partial charge in [-0.1, -0.05) is 17.2 Å². The number of carbonyl (C=O) groups excluding carboxylic acids is 2. The van der Waals surface area contributed by atoms with Gasteiger partial charge in [-0.2, -0.15) is 0 Å². The number of hydrogen-bond acceptors (Lipinski definition) is 3. The highest BCUT2D eigenvalue weighted by Gasteiger charge is 2.30. The molecule has 1 aromatic rings. The molecule has 0 spiro atoms. The Morgan fingerprint density at radius 1 is 1.23 bits per heavy atom. The summed E-state index contributed by atoms with van der Waals surface area (Å²) < 4.78 is 0. The number of aryl methyl sites for hydroxylation is 2. The van der Waals surface area contributed by atoms with Crippen molar-refractivity contribution in [3.05, 3.63) is 34.9 Å². The van der Waals surface area contributed by atoms with Crippen molar-refractivity contribution < 1.29 is 14.4 Å². The van der Waals surface area contributed by atoms with Gasteiger partial charge in [0.1, 0.15) is 0 Å². The highest BCUT2D eigenvalue weighted by atomic mass is 16.7. The zero-order valence-corrected chi connectivity index (χ0v) is 13.8. The molecule has 0 bridgehead atoms. The van der Waals surface area contributed by atoms with E-state index >= 15 is 0 Å². The second-order valence-electron chi connectivity index (χ2n) is 5.98. The molecule has 1 atom stereocenters. The molecule has 1 aliphatic heterocycles. The average molecular weight is 304 g/mol. The second kappa shape index (κ2) is 6.92. The second-order valence-corrected chi connectivity index (χ2v) is 5.98. The van der Waals surface area contributed by atoms with Crippen LogP contribution >= 0.6 is 0 Å². The van der Waals surface area contributed by atoms with Gasteiger partial charge < -0.3 is 4.90 Å². The van der Waals surface area contributed by atoms with E-state index in [9.17, 15) is 9.59 Å². The highest BCUT2D eigenvalue weighted by molar-refractivity contribution is 5.95. The first-order valence-corrected chi connectivity index (χ1v) is 7.61. The van der Waals surface area contributed by atoms with Gasteiger partial charge in [0.25, 0.3) is 11.8 Å². The number of nitrogens with zero attached hydrogens (tertiary/aromatic N) is 2. The maximum atomic E-state index is 12.7. The predicted octanol–water partition coefficient (Wildman–Crippen LogP) is 2.18. The third-order valence-electron chi connectivity index (χ3n) is 4.11. The average Bonchev–Trinajstić information content (AvgIpc) is 2.51. The zero-order chi connectivity index (χ0) is 16.3. The molecule has 0 saturated carbocycles. The minimum atomic E-state index is -0.187. The van der Waals surface area contributed by atoms with E-state index < -0.39 is 0 Å². The number of piperidine rings is 1. The molecule has 1 fully saturated rings. The van der Waals surface area contributed by atoms with E-state index in [1.165, 1.54) is 12.2 Å². The van der Waals surface area contributed by atoms with E-state index in [1.54, 1.807) is 11.9 Å². The Morgan fingerprint density at radius 3 is 2.45 bits per heavy atom. The Kier molecular flexibility index (Phi) is 5.19. The Bertz CT molecular complexity index is 551. The van der Waals surface area contributed by atoms with Crippen LogP contribution in [-0.2, 0) is 9.63 Å². The van der Waals surface area contributed by atoms with Gasteiger partial charge >= 0.3 is 0 Å². The van der Waals surface area contributed by atoms with Crippen LogP contribution in [0.2, 0.25) is 0 Å². The van der Waals surface area contributed by atoms with Crippen molar-refractivity contribution in [3.8, 4) is 0 Å². The summed E-state index contributed by atoms with van der Waals surface area (Å²) in [7, 11) is 3.08. The molecule has 0 aliphatic carbocycles. The van der Waals surface area contributed by atoms with Crippen LogP contribution in [0.5, 0.6) is 0 Å². The van der Waals surface area contributed by atoms with E-state index in [2.05, 4.69) is 0 Å². The number of benzene rings is 1. The molecular weight excluding hydrogens is 280 g/mol. The Hall–Kier alpha value is -1.88. The van der Waals surface area contributed by atoms with Crippen molar-refractivity contribution in [3.63, 3.8) is 0 Å². The monoisotopic (exact) mass is 304 g/mol. The van der Waals surface area contributed by atoms with Crippen LogP contribution in [0.1, 0.15) is 34.3 Å². The van der Waals surface area contributed by atoms with E-state index in [4.69, 9.17) is 4.84 Å². The number of amides is 2. The SMILES string of the molecule is CON(C)C(=O)C1CCCN(C(=O)c2cc(C)cc(C)c2)C1. The zero-order valence-electron chi connectivity index (χ0n) is 13.8. The topological polar surface area (TPSA) is 49.9 Å². The van der Waals surface area contributed by atoms with Gasteiger partial charge in [-0.3, -0.25) is 14.4 Å². The van der Waals surface area contributed by atoms with Crippen LogP contribution in [-0.4, -0.2) is 49.0 Å². The summed E-state index contributed by atoms with van der Waals surface area (Å²) in [6.07, 6.45) is 1.63. The van der Waals surface area contributed by atoms with E-state index in [1.807, 2.05) is 32.0 Å². The molecule has 1 saturated heterocycles. The van der Waals surface area contributed by atoms with Crippen molar-refractivity contribution in [2.75, 3.05) is 27.2 Å². The van der Waals surface area contributed by atoms with Gasteiger partial charge in [-0.15, -0.1) is 0 Å². The summed E-state index contributed by atoms with van der Waals surface area (Å²) in [4.78, 5) is 31.6. The Balaban J connectivity index is 2.11. The Morgan fingerprint density at radius 2 is 1.86 bits per heavy atom. The molecule has 120 valence electrons. The van der Waals surface area contributed by atoms with Gasteiger partial charge in [0, 0.05) is 25.7 Å².